The lowest BCUT2D eigenvalue weighted by Crippen LogP contribution is -2.20. The van der Waals surface area contributed by atoms with Gasteiger partial charge in [0.25, 0.3) is 5.56 Å². The molecule has 0 spiro atoms. The molecule has 0 amide bonds. The molecule has 0 aliphatic heterocycles. The molecule has 0 fully saturated rings. The monoisotopic (exact) mass is 330 g/mol. The Hall–Kier alpha value is -3.21. The first-order valence-corrected chi connectivity index (χ1v) is 8.21. The average Bonchev–Trinajstić information content (AvgIpc) is 3.04. The Morgan fingerprint density at radius 3 is 2.40 bits per heavy atom. The Bertz CT molecular complexity index is 1060. The smallest absolute Gasteiger partial charge is 0.264 e. The van der Waals surface area contributed by atoms with Crippen LogP contribution in [0, 0.1) is 6.92 Å². The predicted molar refractivity (Wildman–Crippen MR) is 97.6 cm³/mol. The summed E-state index contributed by atoms with van der Waals surface area (Å²) in [6, 6.07) is 18.2. The van der Waals surface area contributed by atoms with Crippen LogP contribution in [0.4, 0.5) is 0 Å². The van der Waals surface area contributed by atoms with E-state index in [4.69, 9.17) is 0 Å². The van der Waals surface area contributed by atoms with Crippen molar-refractivity contribution in [1.82, 2.24) is 19.3 Å². The van der Waals surface area contributed by atoms with Gasteiger partial charge in [-0.3, -0.25) is 14.0 Å². The van der Waals surface area contributed by atoms with Crippen LogP contribution in [0.1, 0.15) is 16.7 Å². The van der Waals surface area contributed by atoms with Crippen LogP contribution in [0.2, 0.25) is 0 Å². The predicted octanol–water partition coefficient (Wildman–Crippen LogP) is 3.00. The number of aryl methyl sites for hydroxylation is 1. The summed E-state index contributed by atoms with van der Waals surface area (Å²) in [5, 5.41) is 4.97. The highest BCUT2D eigenvalue weighted by Crippen LogP contribution is 2.09. The standard InChI is InChI=1S/C20H18N4O/c1-15-7-9-17(10-8-15)11-23-14-21-19-18(20(23)25)13-24(22-19)12-16-5-3-2-4-6-16/h2-10,13-14H,11-12H2,1H3. The molecule has 4 aromatic rings. The minimum absolute atomic E-state index is 0.0649. The molecule has 2 aromatic heterocycles. The summed E-state index contributed by atoms with van der Waals surface area (Å²) in [6.07, 6.45) is 3.35. The zero-order valence-corrected chi connectivity index (χ0v) is 14.0. The molecule has 0 aliphatic rings. The van der Waals surface area contributed by atoms with Gasteiger partial charge in [-0.05, 0) is 18.1 Å². The summed E-state index contributed by atoms with van der Waals surface area (Å²) in [4.78, 5) is 17.1. The highest BCUT2D eigenvalue weighted by atomic mass is 16.1. The fourth-order valence-corrected chi connectivity index (χ4v) is 2.84. The zero-order chi connectivity index (χ0) is 17.2. The molecule has 25 heavy (non-hydrogen) atoms. The summed E-state index contributed by atoms with van der Waals surface area (Å²) in [5.74, 6) is 0. The summed E-state index contributed by atoms with van der Waals surface area (Å²) >= 11 is 0. The van der Waals surface area contributed by atoms with Crippen LogP contribution in [-0.4, -0.2) is 19.3 Å². The summed E-state index contributed by atoms with van der Waals surface area (Å²) in [6.45, 7) is 3.17. The molecule has 124 valence electrons. The second-order valence-electron chi connectivity index (χ2n) is 6.21. The van der Waals surface area contributed by atoms with Crippen molar-refractivity contribution >= 4 is 11.0 Å². The first-order chi connectivity index (χ1) is 12.2. The van der Waals surface area contributed by atoms with E-state index < -0.39 is 0 Å². The SMILES string of the molecule is Cc1ccc(Cn2cnc3nn(Cc4ccccc4)cc3c2=O)cc1. The number of aromatic nitrogens is 4. The van der Waals surface area contributed by atoms with Crippen LogP contribution in [-0.2, 0) is 13.1 Å². The highest BCUT2D eigenvalue weighted by Gasteiger charge is 2.09. The van der Waals surface area contributed by atoms with E-state index in [9.17, 15) is 4.79 Å². The topological polar surface area (TPSA) is 52.7 Å². The van der Waals surface area contributed by atoms with Gasteiger partial charge in [0.05, 0.1) is 13.1 Å². The molecule has 0 atom stereocenters. The van der Waals surface area contributed by atoms with E-state index >= 15 is 0 Å². The number of hydrogen-bond donors (Lipinski definition) is 0. The minimum atomic E-state index is -0.0649. The van der Waals surface area contributed by atoms with E-state index in [0.717, 1.165) is 11.1 Å². The lowest BCUT2D eigenvalue weighted by molar-refractivity contribution is 0.693. The van der Waals surface area contributed by atoms with E-state index in [1.54, 1.807) is 21.8 Å². The molecule has 0 radical (unpaired) electrons. The third kappa shape index (κ3) is 3.21. The van der Waals surface area contributed by atoms with Crippen molar-refractivity contribution in [3.8, 4) is 0 Å². The molecule has 0 unspecified atom stereocenters. The van der Waals surface area contributed by atoms with Gasteiger partial charge >= 0.3 is 0 Å². The van der Waals surface area contributed by atoms with Crippen LogP contribution < -0.4 is 5.56 Å². The maximum absolute atomic E-state index is 12.7. The Kier molecular flexibility index (Phi) is 3.90. The van der Waals surface area contributed by atoms with Gasteiger partial charge in [-0.2, -0.15) is 5.10 Å². The van der Waals surface area contributed by atoms with Gasteiger partial charge in [0.2, 0.25) is 0 Å². The number of hydrogen-bond acceptors (Lipinski definition) is 3. The van der Waals surface area contributed by atoms with Gasteiger partial charge < -0.3 is 0 Å². The molecule has 0 N–H and O–H groups in total. The molecular formula is C20H18N4O. The fourth-order valence-electron chi connectivity index (χ4n) is 2.84. The number of rotatable bonds is 4. The van der Waals surface area contributed by atoms with Gasteiger partial charge in [-0.1, -0.05) is 60.2 Å². The maximum atomic E-state index is 12.7. The highest BCUT2D eigenvalue weighted by molar-refractivity contribution is 5.72. The first kappa shape index (κ1) is 15.3. The molecule has 0 bridgehead atoms. The van der Waals surface area contributed by atoms with Crippen LogP contribution in [0.25, 0.3) is 11.0 Å². The van der Waals surface area contributed by atoms with Crippen LogP contribution >= 0.6 is 0 Å². The second-order valence-corrected chi connectivity index (χ2v) is 6.21. The minimum Gasteiger partial charge on any atom is -0.294 e. The number of benzene rings is 2. The quantitative estimate of drug-likeness (QED) is 0.578. The van der Waals surface area contributed by atoms with Crippen molar-refractivity contribution in [1.29, 1.82) is 0 Å². The summed E-state index contributed by atoms with van der Waals surface area (Å²) in [7, 11) is 0. The molecule has 0 saturated heterocycles. The van der Waals surface area contributed by atoms with Crippen molar-refractivity contribution in [2.45, 2.75) is 20.0 Å². The third-order valence-corrected chi connectivity index (χ3v) is 4.21. The fraction of sp³-hybridized carbons (Fsp3) is 0.150. The largest absolute Gasteiger partial charge is 0.294 e. The van der Waals surface area contributed by atoms with Gasteiger partial charge in [0.1, 0.15) is 11.7 Å². The van der Waals surface area contributed by atoms with Gasteiger partial charge in [0, 0.05) is 6.20 Å². The average molecular weight is 330 g/mol. The van der Waals surface area contributed by atoms with Gasteiger partial charge in [-0.15, -0.1) is 0 Å². The van der Waals surface area contributed by atoms with Crippen molar-refractivity contribution < 1.29 is 0 Å². The maximum Gasteiger partial charge on any atom is 0.264 e. The molecule has 0 aliphatic carbocycles. The van der Waals surface area contributed by atoms with Crippen molar-refractivity contribution in [3.05, 3.63) is 94.2 Å². The van der Waals surface area contributed by atoms with E-state index in [-0.39, 0.29) is 5.56 Å². The molecule has 2 aromatic carbocycles. The molecular weight excluding hydrogens is 312 g/mol. The molecule has 4 rings (SSSR count). The Balaban J connectivity index is 1.65. The van der Waals surface area contributed by atoms with E-state index in [1.165, 1.54) is 5.56 Å². The van der Waals surface area contributed by atoms with E-state index in [0.29, 0.717) is 24.1 Å². The van der Waals surface area contributed by atoms with Gasteiger partial charge in [-0.25, -0.2) is 4.98 Å². The molecule has 2 heterocycles. The molecule has 5 heteroatoms. The normalized spacial score (nSPS) is 11.1. The van der Waals surface area contributed by atoms with E-state index in [2.05, 4.69) is 10.1 Å². The molecule has 0 saturated carbocycles. The lowest BCUT2D eigenvalue weighted by atomic mass is 10.1. The van der Waals surface area contributed by atoms with Crippen molar-refractivity contribution in [3.63, 3.8) is 0 Å². The van der Waals surface area contributed by atoms with Crippen LogP contribution in [0.15, 0.2) is 71.9 Å². The summed E-state index contributed by atoms with van der Waals surface area (Å²) in [5.41, 5.74) is 3.83. The van der Waals surface area contributed by atoms with Crippen LogP contribution in [0.3, 0.4) is 0 Å². The van der Waals surface area contributed by atoms with Gasteiger partial charge in [0.15, 0.2) is 5.65 Å². The Labute approximate surface area is 145 Å². The number of nitrogens with zero attached hydrogens (tertiary/aromatic N) is 4. The number of fused-ring (bicyclic) bond motifs is 1. The third-order valence-electron chi connectivity index (χ3n) is 4.21. The first-order valence-electron chi connectivity index (χ1n) is 8.21. The second kappa shape index (κ2) is 6.36. The Morgan fingerprint density at radius 1 is 0.920 bits per heavy atom. The van der Waals surface area contributed by atoms with Crippen LogP contribution in [0.5, 0.6) is 0 Å². The Morgan fingerprint density at radius 2 is 1.64 bits per heavy atom. The van der Waals surface area contributed by atoms with Crippen molar-refractivity contribution in [2.24, 2.45) is 0 Å². The summed E-state index contributed by atoms with van der Waals surface area (Å²) < 4.78 is 3.39. The zero-order valence-electron chi connectivity index (χ0n) is 14.0. The lowest BCUT2D eigenvalue weighted by Gasteiger charge is -2.05. The van der Waals surface area contributed by atoms with Crippen molar-refractivity contribution in [2.75, 3.05) is 0 Å². The molecule has 5 nitrogen and oxygen atoms in total. The van der Waals surface area contributed by atoms with E-state index in [1.807, 2.05) is 61.5 Å².